The van der Waals surface area contributed by atoms with Gasteiger partial charge in [-0.25, -0.2) is 4.98 Å². The van der Waals surface area contributed by atoms with Gasteiger partial charge in [0.2, 0.25) is 0 Å². The lowest BCUT2D eigenvalue weighted by atomic mass is 9.85. The Morgan fingerprint density at radius 1 is 1.26 bits per heavy atom. The van der Waals surface area contributed by atoms with Gasteiger partial charge in [-0.3, -0.25) is 15.0 Å². The average Bonchev–Trinajstić information content (AvgIpc) is 3.35. The van der Waals surface area contributed by atoms with E-state index >= 15 is 0 Å². The summed E-state index contributed by atoms with van der Waals surface area (Å²) < 4.78 is 11.2. The first kappa shape index (κ1) is 22.1. The molecule has 182 valence electrons. The van der Waals surface area contributed by atoms with Crippen LogP contribution in [0.4, 0.5) is 17.5 Å². The van der Waals surface area contributed by atoms with Crippen LogP contribution in [0, 0.1) is 18.3 Å². The largest absolute Gasteiger partial charge is 0.496 e. The van der Waals surface area contributed by atoms with E-state index in [2.05, 4.69) is 36.8 Å². The number of H-pyrrole nitrogens is 1. The zero-order valence-electron chi connectivity index (χ0n) is 20.0. The molecule has 3 aliphatic heterocycles. The third-order valence-electron chi connectivity index (χ3n) is 7.64. The molecule has 3 aromatic rings. The molecule has 1 unspecified atom stereocenters. The minimum absolute atomic E-state index is 0.102. The molecule has 3 aliphatic rings. The van der Waals surface area contributed by atoms with Gasteiger partial charge < -0.3 is 20.1 Å². The summed E-state index contributed by atoms with van der Waals surface area (Å²) in [4.78, 5) is 12.1. The van der Waals surface area contributed by atoms with Gasteiger partial charge in [-0.1, -0.05) is 0 Å². The molecule has 0 spiro atoms. The van der Waals surface area contributed by atoms with Gasteiger partial charge in [0.15, 0.2) is 5.82 Å². The van der Waals surface area contributed by atoms with Crippen LogP contribution < -0.4 is 15.4 Å². The van der Waals surface area contributed by atoms with E-state index in [1.165, 1.54) is 0 Å². The van der Waals surface area contributed by atoms with E-state index in [9.17, 15) is 5.26 Å². The lowest BCUT2D eigenvalue weighted by Crippen LogP contribution is -2.67. The van der Waals surface area contributed by atoms with Crippen molar-refractivity contribution in [2.75, 3.05) is 31.0 Å². The molecule has 3 saturated heterocycles. The van der Waals surface area contributed by atoms with Crippen molar-refractivity contribution >= 4 is 28.4 Å². The summed E-state index contributed by atoms with van der Waals surface area (Å²) in [5.74, 6) is 2.89. The van der Waals surface area contributed by atoms with E-state index in [4.69, 9.17) is 14.5 Å². The second-order valence-electron chi connectivity index (χ2n) is 9.98. The van der Waals surface area contributed by atoms with Gasteiger partial charge in [0.25, 0.3) is 0 Å². The number of aryl methyl sites for hydroxylation is 1. The molecule has 3 aromatic heterocycles. The zero-order valence-corrected chi connectivity index (χ0v) is 20.0. The number of methoxy groups -OCH3 is 1. The first-order chi connectivity index (χ1) is 17.1. The maximum Gasteiger partial charge on any atom is 0.153 e. The van der Waals surface area contributed by atoms with Crippen LogP contribution in [0.3, 0.4) is 0 Å². The van der Waals surface area contributed by atoms with Crippen molar-refractivity contribution < 1.29 is 9.47 Å². The fourth-order valence-electron chi connectivity index (χ4n) is 6.19. The maximum absolute atomic E-state index is 9.44. The fraction of sp³-hybridized carbons (Fsp3) is 0.520. The van der Waals surface area contributed by atoms with Crippen molar-refractivity contribution in [1.82, 2.24) is 25.1 Å². The molecule has 0 radical (unpaired) electrons. The fourth-order valence-corrected chi connectivity index (χ4v) is 6.19. The van der Waals surface area contributed by atoms with Crippen LogP contribution in [0.15, 0.2) is 24.4 Å². The lowest BCUT2D eigenvalue weighted by molar-refractivity contribution is -0.162. The van der Waals surface area contributed by atoms with Crippen molar-refractivity contribution in [2.24, 2.45) is 0 Å². The molecule has 10 heteroatoms. The molecule has 0 saturated carbocycles. The average molecular weight is 475 g/mol. The molecule has 3 atom stereocenters. The minimum atomic E-state index is -0.102. The van der Waals surface area contributed by atoms with E-state index in [1.807, 2.05) is 25.1 Å². The molecule has 3 fully saturated rings. The normalized spacial score (nSPS) is 25.1. The Morgan fingerprint density at radius 2 is 2.06 bits per heavy atom. The van der Waals surface area contributed by atoms with Crippen molar-refractivity contribution in [1.29, 1.82) is 5.26 Å². The van der Waals surface area contributed by atoms with Crippen molar-refractivity contribution in [3.05, 3.63) is 30.1 Å². The molecular formula is C25H30N8O2. The Bertz CT molecular complexity index is 1270. The molecule has 0 amide bonds. The second kappa shape index (κ2) is 8.66. The topological polar surface area (TPSA) is 124 Å². The maximum atomic E-state index is 9.44. The van der Waals surface area contributed by atoms with Crippen molar-refractivity contribution in [3.63, 3.8) is 0 Å². The summed E-state index contributed by atoms with van der Waals surface area (Å²) in [5, 5.41) is 24.6. The van der Waals surface area contributed by atoms with Gasteiger partial charge in [0.1, 0.15) is 17.4 Å². The van der Waals surface area contributed by atoms with Crippen LogP contribution in [0.1, 0.15) is 37.8 Å². The van der Waals surface area contributed by atoms with Gasteiger partial charge >= 0.3 is 0 Å². The zero-order chi connectivity index (χ0) is 24.0. The highest BCUT2D eigenvalue weighted by atomic mass is 16.5. The number of pyridine rings is 2. The first-order valence-electron chi connectivity index (χ1n) is 12.2. The quantitative estimate of drug-likeness (QED) is 0.472. The van der Waals surface area contributed by atoms with Gasteiger partial charge in [-0.2, -0.15) is 10.4 Å². The Kier molecular flexibility index (Phi) is 5.46. The van der Waals surface area contributed by atoms with Gasteiger partial charge in [0, 0.05) is 42.1 Å². The third-order valence-corrected chi connectivity index (χ3v) is 7.64. The number of aromatic nitrogens is 4. The van der Waals surface area contributed by atoms with Crippen molar-refractivity contribution in [3.8, 4) is 11.8 Å². The van der Waals surface area contributed by atoms with E-state index < -0.39 is 0 Å². The Balaban J connectivity index is 1.29. The highest BCUT2D eigenvalue weighted by molar-refractivity contribution is 5.96. The Hall–Kier alpha value is -3.42. The summed E-state index contributed by atoms with van der Waals surface area (Å²) in [6, 6.07) is 9.30. The lowest BCUT2D eigenvalue weighted by Gasteiger charge is -2.54. The molecule has 35 heavy (non-hydrogen) atoms. The molecule has 0 aromatic carbocycles. The number of nitrogens with one attached hydrogen (secondary N) is 3. The number of aromatic amines is 1. The summed E-state index contributed by atoms with van der Waals surface area (Å²) in [5.41, 5.74) is 1.67. The van der Waals surface area contributed by atoms with Crippen LogP contribution in [-0.4, -0.2) is 69.1 Å². The standard InChI is InChI=1S/C25H30N8O2/c1-15-9-22(32-31-15)29-21-12-19-23(20(34-2)5-8-27-19)24(30-21)28-16-10-17-3-4-18(11-16)33(17)25(6-7-26)13-35-14-25/h5,8-9,12,16-18H,3-4,6,10-11,13-14H2,1-2H3,(H3,28,29,30,31,32)/t16?,17-,18+. The van der Waals surface area contributed by atoms with Gasteiger partial charge in [0.05, 0.1) is 49.3 Å². The molecule has 6 rings (SSSR count). The number of fused-ring (bicyclic) bond motifs is 3. The summed E-state index contributed by atoms with van der Waals surface area (Å²) in [6.07, 6.45) is 6.62. The monoisotopic (exact) mass is 474 g/mol. The van der Waals surface area contributed by atoms with Gasteiger partial charge in [-0.15, -0.1) is 0 Å². The molecule has 2 bridgehead atoms. The molecule has 6 heterocycles. The predicted octanol–water partition coefficient (Wildman–Crippen LogP) is 3.50. The second-order valence-corrected chi connectivity index (χ2v) is 9.98. The third kappa shape index (κ3) is 3.85. The Labute approximate surface area is 204 Å². The van der Waals surface area contributed by atoms with Crippen LogP contribution in [0.2, 0.25) is 0 Å². The number of rotatable bonds is 7. The van der Waals surface area contributed by atoms with Crippen LogP contribution in [0.25, 0.3) is 10.9 Å². The van der Waals surface area contributed by atoms with E-state index in [-0.39, 0.29) is 11.6 Å². The Morgan fingerprint density at radius 3 is 2.69 bits per heavy atom. The summed E-state index contributed by atoms with van der Waals surface area (Å²) in [6.45, 7) is 3.30. The first-order valence-corrected chi connectivity index (χ1v) is 12.2. The number of hydrogen-bond donors (Lipinski definition) is 3. The smallest absolute Gasteiger partial charge is 0.153 e. The molecular weight excluding hydrogens is 444 g/mol. The van der Waals surface area contributed by atoms with Crippen molar-refractivity contribution in [2.45, 2.75) is 62.7 Å². The number of ether oxygens (including phenoxy) is 2. The van der Waals surface area contributed by atoms with Crippen LogP contribution in [-0.2, 0) is 4.74 Å². The van der Waals surface area contributed by atoms with Gasteiger partial charge in [-0.05, 0) is 38.7 Å². The van der Waals surface area contributed by atoms with E-state index in [1.54, 1.807) is 13.3 Å². The minimum Gasteiger partial charge on any atom is -0.496 e. The van der Waals surface area contributed by atoms with Crippen LogP contribution in [0.5, 0.6) is 5.75 Å². The SMILES string of the molecule is COc1ccnc2cc(Nc3cc(C)[nH]n3)nc(NC3C[C@H]4CC[C@@H](C3)N4C3(CC#N)COC3)c12. The molecule has 10 nitrogen and oxygen atoms in total. The van der Waals surface area contributed by atoms with E-state index in [0.717, 1.165) is 53.8 Å². The number of nitrogens with zero attached hydrogens (tertiary/aromatic N) is 5. The molecule has 3 N–H and O–H groups in total. The molecule has 0 aliphatic carbocycles. The number of hydrogen-bond acceptors (Lipinski definition) is 9. The highest BCUT2D eigenvalue weighted by Crippen LogP contribution is 2.45. The highest BCUT2D eigenvalue weighted by Gasteiger charge is 2.54. The predicted molar refractivity (Wildman–Crippen MR) is 132 cm³/mol. The van der Waals surface area contributed by atoms with E-state index in [0.29, 0.717) is 43.4 Å². The number of piperidine rings is 1. The number of nitriles is 1. The summed E-state index contributed by atoms with van der Waals surface area (Å²) in [7, 11) is 1.67. The number of anilines is 3. The summed E-state index contributed by atoms with van der Waals surface area (Å²) >= 11 is 0. The van der Waals surface area contributed by atoms with Crippen LogP contribution >= 0.6 is 0 Å².